The number of halogens is 1. The summed E-state index contributed by atoms with van der Waals surface area (Å²) in [5.74, 6) is -0.749. The number of hydrogen-bond donors (Lipinski definition) is 2. The van der Waals surface area contributed by atoms with E-state index < -0.39 is 15.7 Å². The molecular weight excluding hydrogens is 333 g/mol. The van der Waals surface area contributed by atoms with Gasteiger partial charge < -0.3 is 5.32 Å². The standard InChI is InChI=1S/C16H18FN3O3S/c1-10-14(15(20-19-10)11-2-3-11)16(21)18-8-9-24(22,23)13-6-4-12(17)5-7-13/h4-7,11H,2-3,8-9H2,1H3,(H,18,21)(H,19,20). The highest BCUT2D eigenvalue weighted by Gasteiger charge is 2.32. The van der Waals surface area contributed by atoms with Crippen LogP contribution >= 0.6 is 0 Å². The van der Waals surface area contributed by atoms with Crippen LogP contribution in [0.25, 0.3) is 0 Å². The lowest BCUT2D eigenvalue weighted by atomic mass is 10.1. The molecule has 2 N–H and O–H groups in total. The average Bonchev–Trinajstić information content (AvgIpc) is 3.30. The van der Waals surface area contributed by atoms with Crippen molar-refractivity contribution in [2.45, 2.75) is 30.6 Å². The Balaban J connectivity index is 1.63. The number of hydrogen-bond acceptors (Lipinski definition) is 4. The topological polar surface area (TPSA) is 91.9 Å². The van der Waals surface area contributed by atoms with E-state index in [9.17, 15) is 17.6 Å². The van der Waals surface area contributed by atoms with Crippen LogP contribution in [0.2, 0.25) is 0 Å². The van der Waals surface area contributed by atoms with Crippen molar-refractivity contribution in [3.8, 4) is 0 Å². The Morgan fingerprint density at radius 2 is 2.00 bits per heavy atom. The molecule has 1 saturated carbocycles. The van der Waals surface area contributed by atoms with Gasteiger partial charge in [-0.1, -0.05) is 0 Å². The van der Waals surface area contributed by atoms with Crippen molar-refractivity contribution in [2.24, 2.45) is 0 Å². The van der Waals surface area contributed by atoms with E-state index in [1.54, 1.807) is 6.92 Å². The number of aromatic nitrogens is 2. The van der Waals surface area contributed by atoms with Crippen LogP contribution in [0.5, 0.6) is 0 Å². The van der Waals surface area contributed by atoms with Crippen LogP contribution in [0.4, 0.5) is 4.39 Å². The molecule has 0 radical (unpaired) electrons. The van der Waals surface area contributed by atoms with Gasteiger partial charge in [0.25, 0.3) is 5.91 Å². The first-order valence-corrected chi connectivity index (χ1v) is 9.35. The lowest BCUT2D eigenvalue weighted by Gasteiger charge is -2.07. The van der Waals surface area contributed by atoms with Crippen LogP contribution in [0.15, 0.2) is 29.2 Å². The lowest BCUT2D eigenvalue weighted by Crippen LogP contribution is -2.30. The highest BCUT2D eigenvalue weighted by atomic mass is 32.2. The van der Waals surface area contributed by atoms with Crippen molar-refractivity contribution in [1.29, 1.82) is 0 Å². The third-order valence-electron chi connectivity index (χ3n) is 4.00. The Hall–Kier alpha value is -2.22. The fourth-order valence-corrected chi connectivity index (χ4v) is 3.69. The van der Waals surface area contributed by atoms with Crippen molar-refractivity contribution in [1.82, 2.24) is 15.5 Å². The third-order valence-corrected chi connectivity index (χ3v) is 5.73. The minimum absolute atomic E-state index is 0.0206. The molecule has 128 valence electrons. The maximum absolute atomic E-state index is 12.9. The van der Waals surface area contributed by atoms with Gasteiger partial charge in [0.05, 0.1) is 21.9 Å². The number of benzene rings is 1. The van der Waals surface area contributed by atoms with Gasteiger partial charge in [-0.05, 0) is 44.0 Å². The summed E-state index contributed by atoms with van der Waals surface area (Å²) < 4.78 is 37.2. The smallest absolute Gasteiger partial charge is 0.255 e. The normalized spacial score (nSPS) is 14.6. The molecule has 0 spiro atoms. The lowest BCUT2D eigenvalue weighted by molar-refractivity contribution is 0.0954. The number of aryl methyl sites for hydroxylation is 1. The monoisotopic (exact) mass is 351 g/mol. The van der Waals surface area contributed by atoms with Crippen molar-refractivity contribution >= 4 is 15.7 Å². The Labute approximate surface area is 139 Å². The number of carbonyl (C=O) groups excluding carboxylic acids is 1. The number of amides is 1. The molecule has 0 atom stereocenters. The molecule has 1 fully saturated rings. The molecular formula is C16H18FN3O3S. The maximum atomic E-state index is 12.9. The van der Waals surface area contributed by atoms with Crippen LogP contribution in [0.3, 0.4) is 0 Å². The molecule has 1 aromatic heterocycles. The fraction of sp³-hybridized carbons (Fsp3) is 0.375. The van der Waals surface area contributed by atoms with Gasteiger partial charge in [0.2, 0.25) is 0 Å². The molecule has 1 aliphatic rings. The van der Waals surface area contributed by atoms with Gasteiger partial charge in [-0.2, -0.15) is 5.10 Å². The molecule has 0 saturated heterocycles. The summed E-state index contributed by atoms with van der Waals surface area (Å²) >= 11 is 0. The molecule has 1 amide bonds. The highest BCUT2D eigenvalue weighted by molar-refractivity contribution is 7.91. The molecule has 0 bridgehead atoms. The minimum Gasteiger partial charge on any atom is -0.351 e. The van der Waals surface area contributed by atoms with Gasteiger partial charge in [0.1, 0.15) is 5.82 Å². The molecule has 1 heterocycles. The number of rotatable bonds is 6. The number of carbonyl (C=O) groups is 1. The molecule has 2 aromatic rings. The quantitative estimate of drug-likeness (QED) is 0.778. The van der Waals surface area contributed by atoms with Gasteiger partial charge in [-0.3, -0.25) is 9.89 Å². The van der Waals surface area contributed by atoms with Gasteiger partial charge >= 0.3 is 0 Å². The second-order valence-corrected chi connectivity index (χ2v) is 8.02. The molecule has 0 aliphatic heterocycles. The summed E-state index contributed by atoms with van der Waals surface area (Å²) in [6.45, 7) is 1.75. The molecule has 8 heteroatoms. The third kappa shape index (κ3) is 3.48. The van der Waals surface area contributed by atoms with Gasteiger partial charge in [-0.25, -0.2) is 12.8 Å². The van der Waals surface area contributed by atoms with E-state index >= 15 is 0 Å². The predicted octanol–water partition coefficient (Wildman–Crippen LogP) is 1.94. The highest BCUT2D eigenvalue weighted by Crippen LogP contribution is 2.41. The van der Waals surface area contributed by atoms with Crippen LogP contribution in [-0.2, 0) is 9.84 Å². The van der Waals surface area contributed by atoms with Gasteiger partial charge in [0.15, 0.2) is 9.84 Å². The second kappa shape index (κ2) is 6.35. The minimum atomic E-state index is -3.57. The summed E-state index contributed by atoms with van der Waals surface area (Å²) in [6.07, 6.45) is 2.03. The molecule has 24 heavy (non-hydrogen) atoms. The molecule has 1 aromatic carbocycles. The number of H-pyrrole nitrogens is 1. The van der Waals surface area contributed by atoms with E-state index in [1.165, 1.54) is 12.1 Å². The Morgan fingerprint density at radius 1 is 1.33 bits per heavy atom. The summed E-state index contributed by atoms with van der Waals surface area (Å²) in [5.41, 5.74) is 1.94. The van der Waals surface area contributed by atoms with E-state index in [2.05, 4.69) is 15.5 Å². The van der Waals surface area contributed by atoms with E-state index in [4.69, 9.17) is 0 Å². The Morgan fingerprint density at radius 3 is 2.62 bits per heavy atom. The first-order valence-electron chi connectivity index (χ1n) is 7.70. The Kier molecular flexibility index (Phi) is 4.40. The van der Waals surface area contributed by atoms with Crippen LogP contribution in [0, 0.1) is 12.7 Å². The fourth-order valence-electron chi connectivity index (χ4n) is 2.53. The SMILES string of the molecule is Cc1[nH]nc(C2CC2)c1C(=O)NCCS(=O)(=O)c1ccc(F)cc1. The summed E-state index contributed by atoms with van der Waals surface area (Å²) in [5, 5.41) is 9.62. The van der Waals surface area contributed by atoms with Crippen LogP contribution in [-0.4, -0.2) is 36.8 Å². The zero-order valence-corrected chi connectivity index (χ0v) is 14.0. The number of aromatic amines is 1. The number of nitrogens with zero attached hydrogens (tertiary/aromatic N) is 1. The molecule has 3 rings (SSSR count). The van der Waals surface area contributed by atoms with E-state index in [-0.39, 0.29) is 23.1 Å². The van der Waals surface area contributed by atoms with E-state index in [1.807, 2.05) is 0 Å². The van der Waals surface area contributed by atoms with Gasteiger partial charge in [-0.15, -0.1) is 0 Å². The van der Waals surface area contributed by atoms with Crippen LogP contribution in [0.1, 0.15) is 40.5 Å². The summed E-state index contributed by atoms with van der Waals surface area (Å²) in [6, 6.07) is 4.64. The van der Waals surface area contributed by atoms with Crippen molar-refractivity contribution in [3.63, 3.8) is 0 Å². The van der Waals surface area contributed by atoms with E-state index in [0.717, 1.165) is 30.7 Å². The van der Waals surface area contributed by atoms with Crippen molar-refractivity contribution < 1.29 is 17.6 Å². The largest absolute Gasteiger partial charge is 0.351 e. The summed E-state index contributed by atoms with van der Waals surface area (Å²) in [7, 11) is -3.57. The zero-order chi connectivity index (χ0) is 17.3. The zero-order valence-electron chi connectivity index (χ0n) is 13.2. The van der Waals surface area contributed by atoms with Gasteiger partial charge in [0, 0.05) is 18.2 Å². The average molecular weight is 351 g/mol. The number of nitrogens with one attached hydrogen (secondary N) is 2. The predicted molar refractivity (Wildman–Crippen MR) is 86.1 cm³/mol. The molecule has 1 aliphatic carbocycles. The molecule has 6 nitrogen and oxygen atoms in total. The first kappa shape index (κ1) is 16.6. The summed E-state index contributed by atoms with van der Waals surface area (Å²) in [4.78, 5) is 12.4. The van der Waals surface area contributed by atoms with Crippen molar-refractivity contribution in [2.75, 3.05) is 12.3 Å². The Bertz CT molecular complexity index is 855. The second-order valence-electron chi connectivity index (χ2n) is 5.91. The molecule has 0 unspecified atom stereocenters. The van der Waals surface area contributed by atoms with E-state index in [0.29, 0.717) is 17.2 Å². The first-order chi connectivity index (χ1) is 11.4. The van der Waals surface area contributed by atoms with Crippen LogP contribution < -0.4 is 5.32 Å². The maximum Gasteiger partial charge on any atom is 0.255 e. The van der Waals surface area contributed by atoms with Crippen molar-refractivity contribution in [3.05, 3.63) is 47.0 Å². The number of sulfone groups is 1.